The van der Waals surface area contributed by atoms with E-state index < -0.39 is 10.0 Å². The smallest absolute Gasteiger partial charge is 0.213 e. The molecule has 0 aromatic rings. The number of nitrogens with two attached hydrogens (primary N) is 1. The standard InChI is InChI=1S/C10H22N2O3S/c1-12(16(13,14)8-2-5-11)9-10-3-6-15-7-4-10/h10H,2-9,11H2,1H3. The van der Waals surface area contributed by atoms with Gasteiger partial charge < -0.3 is 10.5 Å². The zero-order chi connectivity index (χ0) is 12.0. The van der Waals surface area contributed by atoms with E-state index in [1.807, 2.05) is 0 Å². The van der Waals surface area contributed by atoms with Crippen molar-refractivity contribution in [3.8, 4) is 0 Å². The molecular weight excluding hydrogens is 228 g/mol. The van der Waals surface area contributed by atoms with E-state index in [9.17, 15) is 8.42 Å². The molecule has 5 nitrogen and oxygen atoms in total. The number of ether oxygens (including phenoxy) is 1. The largest absolute Gasteiger partial charge is 0.381 e. The van der Waals surface area contributed by atoms with E-state index in [-0.39, 0.29) is 5.75 Å². The molecule has 0 bridgehead atoms. The van der Waals surface area contributed by atoms with E-state index in [1.54, 1.807) is 7.05 Å². The van der Waals surface area contributed by atoms with Crippen molar-refractivity contribution in [2.24, 2.45) is 11.7 Å². The van der Waals surface area contributed by atoms with Crippen LogP contribution in [0.5, 0.6) is 0 Å². The van der Waals surface area contributed by atoms with Gasteiger partial charge in [0.15, 0.2) is 0 Å². The Hall–Kier alpha value is -0.170. The third-order valence-electron chi connectivity index (χ3n) is 2.94. The Kier molecular flexibility index (Phi) is 5.68. The average molecular weight is 250 g/mol. The first-order valence-corrected chi connectivity index (χ1v) is 7.39. The molecular formula is C10H22N2O3S. The molecule has 1 rings (SSSR count). The molecule has 16 heavy (non-hydrogen) atoms. The Morgan fingerprint density at radius 2 is 2.00 bits per heavy atom. The molecule has 0 aliphatic carbocycles. The summed E-state index contributed by atoms with van der Waals surface area (Å²) >= 11 is 0. The van der Waals surface area contributed by atoms with Gasteiger partial charge in [-0.15, -0.1) is 0 Å². The highest BCUT2D eigenvalue weighted by Crippen LogP contribution is 2.17. The van der Waals surface area contributed by atoms with Crippen molar-refractivity contribution in [2.45, 2.75) is 19.3 Å². The number of hydrogen-bond donors (Lipinski definition) is 1. The molecule has 0 spiro atoms. The van der Waals surface area contributed by atoms with Crippen molar-refractivity contribution >= 4 is 10.0 Å². The minimum atomic E-state index is -3.11. The fourth-order valence-electron chi connectivity index (χ4n) is 1.83. The predicted molar refractivity (Wildman–Crippen MR) is 63.6 cm³/mol. The second-order valence-electron chi connectivity index (χ2n) is 4.29. The van der Waals surface area contributed by atoms with Crippen LogP contribution in [0.1, 0.15) is 19.3 Å². The molecule has 0 aromatic heterocycles. The minimum Gasteiger partial charge on any atom is -0.381 e. The van der Waals surface area contributed by atoms with Gasteiger partial charge in [-0.25, -0.2) is 12.7 Å². The van der Waals surface area contributed by atoms with Crippen LogP contribution in [-0.4, -0.2) is 51.8 Å². The fraction of sp³-hybridized carbons (Fsp3) is 1.00. The zero-order valence-electron chi connectivity index (χ0n) is 9.89. The molecule has 0 atom stereocenters. The van der Waals surface area contributed by atoms with Gasteiger partial charge in [0.05, 0.1) is 5.75 Å². The maximum Gasteiger partial charge on any atom is 0.213 e. The van der Waals surface area contributed by atoms with Crippen molar-refractivity contribution < 1.29 is 13.2 Å². The summed E-state index contributed by atoms with van der Waals surface area (Å²) in [5, 5.41) is 0. The van der Waals surface area contributed by atoms with E-state index in [2.05, 4.69) is 0 Å². The summed E-state index contributed by atoms with van der Waals surface area (Å²) in [6, 6.07) is 0. The van der Waals surface area contributed by atoms with Crippen LogP contribution in [0, 0.1) is 5.92 Å². The molecule has 96 valence electrons. The van der Waals surface area contributed by atoms with Gasteiger partial charge in [-0.1, -0.05) is 0 Å². The number of sulfonamides is 1. The molecule has 0 radical (unpaired) electrons. The van der Waals surface area contributed by atoms with Crippen LogP contribution in [0.2, 0.25) is 0 Å². The lowest BCUT2D eigenvalue weighted by atomic mass is 10.0. The lowest BCUT2D eigenvalue weighted by Gasteiger charge is -2.26. The van der Waals surface area contributed by atoms with Crippen molar-refractivity contribution in [3.05, 3.63) is 0 Å². The van der Waals surface area contributed by atoms with Gasteiger partial charge in [-0.2, -0.15) is 0 Å². The molecule has 1 saturated heterocycles. The summed E-state index contributed by atoms with van der Waals surface area (Å²) in [5.41, 5.74) is 5.32. The van der Waals surface area contributed by atoms with Crippen LogP contribution < -0.4 is 5.73 Å². The summed E-state index contributed by atoms with van der Waals surface area (Å²) in [4.78, 5) is 0. The monoisotopic (exact) mass is 250 g/mol. The highest BCUT2D eigenvalue weighted by atomic mass is 32.2. The molecule has 1 aliphatic heterocycles. The molecule has 0 unspecified atom stereocenters. The number of nitrogens with zero attached hydrogens (tertiary/aromatic N) is 1. The quantitative estimate of drug-likeness (QED) is 0.721. The first-order valence-electron chi connectivity index (χ1n) is 5.78. The second-order valence-corrected chi connectivity index (χ2v) is 6.49. The van der Waals surface area contributed by atoms with Gasteiger partial charge >= 0.3 is 0 Å². The SMILES string of the molecule is CN(CC1CCOCC1)S(=O)(=O)CCCN. The average Bonchev–Trinajstić information content (AvgIpc) is 2.28. The highest BCUT2D eigenvalue weighted by molar-refractivity contribution is 7.89. The lowest BCUT2D eigenvalue weighted by molar-refractivity contribution is 0.0620. The summed E-state index contributed by atoms with van der Waals surface area (Å²) in [6.45, 7) is 2.53. The van der Waals surface area contributed by atoms with E-state index >= 15 is 0 Å². The molecule has 1 aliphatic rings. The Morgan fingerprint density at radius 1 is 1.38 bits per heavy atom. The Bertz CT molecular complexity index is 286. The van der Waals surface area contributed by atoms with Crippen LogP contribution in [0.15, 0.2) is 0 Å². The second kappa shape index (κ2) is 6.54. The van der Waals surface area contributed by atoms with Gasteiger partial charge in [0.2, 0.25) is 10.0 Å². The van der Waals surface area contributed by atoms with E-state index in [0.717, 1.165) is 26.1 Å². The topological polar surface area (TPSA) is 72.6 Å². The van der Waals surface area contributed by atoms with Crippen LogP contribution in [0.25, 0.3) is 0 Å². The predicted octanol–water partition coefficient (Wildman–Crippen LogP) is 0.0234. The summed E-state index contributed by atoms with van der Waals surface area (Å²) in [5.74, 6) is 0.592. The molecule has 0 saturated carbocycles. The van der Waals surface area contributed by atoms with Crippen LogP contribution in [-0.2, 0) is 14.8 Å². The highest BCUT2D eigenvalue weighted by Gasteiger charge is 2.22. The van der Waals surface area contributed by atoms with Gasteiger partial charge in [-0.05, 0) is 31.7 Å². The molecule has 6 heteroatoms. The van der Waals surface area contributed by atoms with Crippen LogP contribution >= 0.6 is 0 Å². The van der Waals surface area contributed by atoms with Crippen molar-refractivity contribution in [1.82, 2.24) is 4.31 Å². The first-order chi connectivity index (χ1) is 7.56. The molecule has 1 fully saturated rings. The number of rotatable bonds is 6. The Balaban J connectivity index is 2.40. The number of hydrogen-bond acceptors (Lipinski definition) is 4. The van der Waals surface area contributed by atoms with Crippen LogP contribution in [0.4, 0.5) is 0 Å². The maximum absolute atomic E-state index is 11.8. The molecule has 1 heterocycles. The Morgan fingerprint density at radius 3 is 2.56 bits per heavy atom. The van der Waals surface area contributed by atoms with Gasteiger partial charge in [0.1, 0.15) is 0 Å². The summed E-state index contributed by atoms with van der Waals surface area (Å²) in [7, 11) is -1.46. The summed E-state index contributed by atoms with van der Waals surface area (Å²) < 4.78 is 30.3. The molecule has 2 N–H and O–H groups in total. The lowest BCUT2D eigenvalue weighted by Crippen LogP contribution is -2.35. The van der Waals surface area contributed by atoms with E-state index in [1.165, 1.54) is 4.31 Å². The third-order valence-corrected chi connectivity index (χ3v) is 4.84. The third kappa shape index (κ3) is 4.37. The van der Waals surface area contributed by atoms with Gasteiger partial charge in [0.25, 0.3) is 0 Å². The maximum atomic E-state index is 11.8. The van der Waals surface area contributed by atoms with E-state index in [4.69, 9.17) is 10.5 Å². The normalized spacial score (nSPS) is 19.2. The Labute approximate surface area is 98.0 Å². The van der Waals surface area contributed by atoms with Crippen molar-refractivity contribution in [1.29, 1.82) is 0 Å². The first kappa shape index (κ1) is 13.9. The fourth-order valence-corrected chi connectivity index (χ4v) is 3.11. The van der Waals surface area contributed by atoms with Crippen LogP contribution in [0.3, 0.4) is 0 Å². The summed E-state index contributed by atoms with van der Waals surface area (Å²) in [6.07, 6.45) is 2.44. The van der Waals surface area contributed by atoms with Gasteiger partial charge in [-0.3, -0.25) is 0 Å². The molecule has 0 amide bonds. The molecule has 0 aromatic carbocycles. The minimum absolute atomic E-state index is 0.156. The van der Waals surface area contributed by atoms with Crippen molar-refractivity contribution in [3.63, 3.8) is 0 Å². The van der Waals surface area contributed by atoms with Gasteiger partial charge in [0, 0.05) is 26.8 Å². The zero-order valence-corrected chi connectivity index (χ0v) is 10.7. The van der Waals surface area contributed by atoms with E-state index in [0.29, 0.717) is 25.4 Å². The van der Waals surface area contributed by atoms with Crippen molar-refractivity contribution in [2.75, 3.05) is 39.1 Å².